The van der Waals surface area contributed by atoms with Gasteiger partial charge in [-0.1, -0.05) is 162 Å². The van der Waals surface area contributed by atoms with Gasteiger partial charge in [-0.05, 0) is 57.6 Å². The quantitative estimate of drug-likeness (QED) is 0.174. The van der Waals surface area contributed by atoms with Crippen molar-refractivity contribution in [3.05, 3.63) is 158 Å². The fraction of sp³-hybridized carbons (Fsp3) is 0. The predicted molar refractivity (Wildman–Crippen MR) is 223 cm³/mol. The van der Waals surface area contributed by atoms with Gasteiger partial charge in [0.15, 0.2) is 0 Å². The van der Waals surface area contributed by atoms with Crippen LogP contribution in [-0.2, 0) is 0 Å². The van der Waals surface area contributed by atoms with Crippen molar-refractivity contribution in [3.63, 3.8) is 0 Å². The van der Waals surface area contributed by atoms with E-state index in [1.165, 1.54) is 108 Å². The molecule has 0 spiro atoms. The summed E-state index contributed by atoms with van der Waals surface area (Å²) in [6.07, 6.45) is 0. The minimum Gasteiger partial charge on any atom is -0.311 e. The Bertz CT molecular complexity index is 2920. The van der Waals surface area contributed by atoms with Crippen molar-refractivity contribution >= 4 is 119 Å². The number of anilines is 3. The van der Waals surface area contributed by atoms with Gasteiger partial charge in [0.05, 0.1) is 11.4 Å². The molecule has 0 saturated heterocycles. The molecule has 238 valence electrons. The number of hydrogen-bond donors (Lipinski definition) is 0. The maximum atomic E-state index is 2.69. The van der Waals surface area contributed by atoms with E-state index >= 15 is 0 Å². The fourth-order valence-electron chi connectivity index (χ4n) is 9.93. The standard InChI is InChI=1S/C46H26B2N2S2/c1-2-15-28(16-3-1)49(36-24-10-14-27-13-4-5-17-29(27)36)44-45-39-43-40-46(44)52-38-26-9-7-21-33(38)48(40)35-23-12-19-31-30-18-11-22-34(41(30)50(43)42(31)35)47(39)32-20-6-8-25-37(32)51-45/h1-26H. The van der Waals surface area contributed by atoms with Crippen LogP contribution in [0.1, 0.15) is 0 Å². The van der Waals surface area contributed by atoms with E-state index in [9.17, 15) is 0 Å². The molecule has 0 fully saturated rings. The van der Waals surface area contributed by atoms with Crippen molar-refractivity contribution in [1.82, 2.24) is 4.57 Å². The van der Waals surface area contributed by atoms with Gasteiger partial charge in [0.2, 0.25) is 13.4 Å². The molecule has 0 unspecified atom stereocenters. The van der Waals surface area contributed by atoms with Crippen LogP contribution < -0.4 is 37.7 Å². The summed E-state index contributed by atoms with van der Waals surface area (Å²) in [7, 11) is 0. The van der Waals surface area contributed by atoms with Crippen LogP contribution in [0.2, 0.25) is 0 Å². The topological polar surface area (TPSA) is 8.17 Å². The molecule has 4 aliphatic rings. The van der Waals surface area contributed by atoms with Gasteiger partial charge in [0.1, 0.15) is 0 Å². The van der Waals surface area contributed by atoms with Gasteiger partial charge in [-0.25, -0.2) is 0 Å². The second kappa shape index (κ2) is 10.1. The summed E-state index contributed by atoms with van der Waals surface area (Å²) in [5.41, 5.74) is 16.4. The van der Waals surface area contributed by atoms with Crippen molar-refractivity contribution in [1.29, 1.82) is 0 Å². The molecule has 0 atom stereocenters. The molecular formula is C46H26B2N2S2. The zero-order valence-corrected chi connectivity index (χ0v) is 29.5. The van der Waals surface area contributed by atoms with Crippen molar-refractivity contribution in [3.8, 4) is 5.69 Å². The molecule has 6 heteroatoms. The first-order valence-electron chi connectivity index (χ1n) is 18.0. The van der Waals surface area contributed by atoms with E-state index in [1.54, 1.807) is 0 Å². The minimum absolute atomic E-state index is 0.126. The molecule has 0 saturated carbocycles. The van der Waals surface area contributed by atoms with Gasteiger partial charge < -0.3 is 9.47 Å². The maximum Gasteiger partial charge on any atom is 0.249 e. The van der Waals surface area contributed by atoms with Crippen LogP contribution in [0, 0.1) is 0 Å². The third-order valence-corrected chi connectivity index (χ3v) is 14.3. The zero-order valence-electron chi connectivity index (χ0n) is 27.9. The first-order valence-corrected chi connectivity index (χ1v) is 19.6. The molecule has 0 amide bonds. The van der Waals surface area contributed by atoms with Crippen molar-refractivity contribution in [2.75, 3.05) is 4.90 Å². The molecule has 52 heavy (non-hydrogen) atoms. The van der Waals surface area contributed by atoms with Gasteiger partial charge in [0.25, 0.3) is 0 Å². The van der Waals surface area contributed by atoms with Gasteiger partial charge in [-0.3, -0.25) is 0 Å². The van der Waals surface area contributed by atoms with Gasteiger partial charge in [-0.2, -0.15) is 0 Å². The molecule has 2 nitrogen and oxygen atoms in total. The molecule has 9 aromatic rings. The predicted octanol–water partition coefficient (Wildman–Crippen LogP) is 8.00. The molecule has 5 heterocycles. The van der Waals surface area contributed by atoms with Crippen molar-refractivity contribution in [2.24, 2.45) is 0 Å². The lowest BCUT2D eigenvalue weighted by atomic mass is 9.31. The Morgan fingerprint density at radius 1 is 0.442 bits per heavy atom. The highest BCUT2D eigenvalue weighted by molar-refractivity contribution is 8.01. The largest absolute Gasteiger partial charge is 0.311 e. The van der Waals surface area contributed by atoms with Crippen LogP contribution in [0.4, 0.5) is 17.1 Å². The third-order valence-electron chi connectivity index (χ3n) is 11.9. The Kier molecular flexibility index (Phi) is 5.44. The average molecular weight is 692 g/mol. The smallest absolute Gasteiger partial charge is 0.249 e. The number of fused-ring (bicyclic) bond motifs is 8. The van der Waals surface area contributed by atoms with Gasteiger partial charge >= 0.3 is 0 Å². The summed E-state index contributed by atoms with van der Waals surface area (Å²) >= 11 is 3.94. The Hall–Kier alpha value is -5.55. The lowest BCUT2D eigenvalue weighted by Crippen LogP contribution is -2.66. The molecule has 0 N–H and O–H groups in total. The first-order chi connectivity index (χ1) is 25.8. The van der Waals surface area contributed by atoms with Crippen molar-refractivity contribution in [2.45, 2.75) is 19.6 Å². The van der Waals surface area contributed by atoms with Crippen LogP contribution in [0.3, 0.4) is 0 Å². The molecule has 0 aliphatic carbocycles. The van der Waals surface area contributed by atoms with Crippen LogP contribution in [0.15, 0.2) is 177 Å². The Morgan fingerprint density at radius 2 is 0.942 bits per heavy atom. The van der Waals surface area contributed by atoms with E-state index in [0.717, 1.165) is 0 Å². The van der Waals surface area contributed by atoms with E-state index < -0.39 is 0 Å². The van der Waals surface area contributed by atoms with Crippen LogP contribution in [-0.4, -0.2) is 18.0 Å². The summed E-state index contributed by atoms with van der Waals surface area (Å²) in [5.74, 6) is 0. The number of hydrogen-bond acceptors (Lipinski definition) is 3. The summed E-state index contributed by atoms with van der Waals surface area (Å²) in [6, 6.07) is 59.2. The number of nitrogens with zero attached hydrogens (tertiary/aromatic N) is 2. The lowest BCUT2D eigenvalue weighted by Gasteiger charge is -2.44. The maximum absolute atomic E-state index is 2.69. The highest BCUT2D eigenvalue weighted by Crippen LogP contribution is 2.53. The van der Waals surface area contributed by atoms with Gasteiger partial charge in [0, 0.05) is 58.1 Å². The highest BCUT2D eigenvalue weighted by Gasteiger charge is 2.49. The molecule has 4 aliphatic heterocycles. The monoisotopic (exact) mass is 692 g/mol. The van der Waals surface area contributed by atoms with Crippen molar-refractivity contribution < 1.29 is 0 Å². The summed E-state index contributed by atoms with van der Waals surface area (Å²) < 4.78 is 2.69. The van der Waals surface area contributed by atoms with Gasteiger partial charge in [-0.15, -0.1) is 0 Å². The third kappa shape index (κ3) is 3.39. The normalized spacial score (nSPS) is 13.9. The summed E-state index contributed by atoms with van der Waals surface area (Å²) in [5, 5.41) is 5.21. The van der Waals surface area contributed by atoms with E-state index in [0.29, 0.717) is 0 Å². The zero-order chi connectivity index (χ0) is 33.7. The first kappa shape index (κ1) is 28.1. The SMILES string of the molecule is c1ccc(N(c2c3c4c5c6c2Sc2ccccc2B6c2cccc6c7cccc(c7n-5c26)B4c2ccccc2S3)c2cccc3ccccc23)cc1. The minimum atomic E-state index is 0.126. The van der Waals surface area contributed by atoms with E-state index in [2.05, 4.69) is 167 Å². The molecule has 1 aromatic heterocycles. The summed E-state index contributed by atoms with van der Waals surface area (Å²) in [4.78, 5) is 8.01. The molecule has 13 rings (SSSR count). The number of aromatic nitrogens is 1. The van der Waals surface area contributed by atoms with E-state index in [4.69, 9.17) is 0 Å². The average Bonchev–Trinajstić information content (AvgIpc) is 3.55. The lowest BCUT2D eigenvalue weighted by molar-refractivity contribution is 1.13. The van der Waals surface area contributed by atoms with Crippen LogP contribution >= 0.6 is 23.5 Å². The molecule has 0 radical (unpaired) electrons. The Balaban J connectivity index is 1.28. The second-order valence-electron chi connectivity index (χ2n) is 14.3. The van der Waals surface area contributed by atoms with Crippen LogP contribution in [0.5, 0.6) is 0 Å². The van der Waals surface area contributed by atoms with Crippen LogP contribution in [0.25, 0.3) is 38.3 Å². The second-order valence-corrected chi connectivity index (χ2v) is 16.4. The number of benzene rings is 8. The highest BCUT2D eigenvalue weighted by atomic mass is 32.2. The van der Waals surface area contributed by atoms with E-state index in [-0.39, 0.29) is 13.4 Å². The fourth-order valence-corrected chi connectivity index (χ4v) is 12.6. The van der Waals surface area contributed by atoms with E-state index in [1.807, 2.05) is 23.5 Å². The Morgan fingerprint density at radius 3 is 1.60 bits per heavy atom. The molecular weight excluding hydrogens is 666 g/mol. The number of para-hydroxylation sites is 3. The molecule has 0 bridgehead atoms. The summed E-state index contributed by atoms with van der Waals surface area (Å²) in [6.45, 7) is 0.253. The Labute approximate surface area is 310 Å². The number of rotatable bonds is 3. The molecule has 8 aromatic carbocycles.